The van der Waals surface area contributed by atoms with Crippen molar-refractivity contribution in [3.63, 3.8) is 0 Å². The highest BCUT2D eigenvalue weighted by Crippen LogP contribution is 2.29. The molecule has 2 rings (SSSR count). The molecule has 1 aliphatic heterocycles. The van der Waals surface area contributed by atoms with Crippen LogP contribution >= 0.6 is 11.6 Å². The first-order valence-electron chi connectivity index (χ1n) is 7.44. The molecule has 0 saturated carbocycles. The molecule has 0 amide bonds. The number of rotatable bonds is 6. The minimum atomic E-state index is 0.0120. The summed E-state index contributed by atoms with van der Waals surface area (Å²) in [5, 5.41) is 5.01. The average molecular weight is 301 g/mol. The standard InChI is InChI=1S/C14H25ClN4O/c1-10(2)19-14(12(15)9-17-19)13(18-16)7-6-11-5-3-4-8-20-11/h9-11,13,18H,3-8,16H2,1-2H3. The maximum absolute atomic E-state index is 6.27. The topological polar surface area (TPSA) is 65.1 Å². The van der Waals surface area contributed by atoms with Crippen LogP contribution in [0.5, 0.6) is 0 Å². The zero-order valence-electron chi connectivity index (χ0n) is 12.3. The molecular formula is C14H25ClN4O. The van der Waals surface area contributed by atoms with Crippen LogP contribution in [0, 0.1) is 0 Å². The van der Waals surface area contributed by atoms with Crippen LogP contribution in [0.3, 0.4) is 0 Å². The molecule has 0 radical (unpaired) electrons. The molecule has 6 heteroatoms. The lowest BCUT2D eigenvalue weighted by Crippen LogP contribution is -2.32. The van der Waals surface area contributed by atoms with Gasteiger partial charge in [-0.25, -0.2) is 0 Å². The van der Waals surface area contributed by atoms with Gasteiger partial charge in [0.25, 0.3) is 0 Å². The summed E-state index contributed by atoms with van der Waals surface area (Å²) in [4.78, 5) is 0. The number of nitrogens with two attached hydrogens (primary N) is 1. The van der Waals surface area contributed by atoms with E-state index in [2.05, 4.69) is 24.4 Å². The molecule has 2 heterocycles. The van der Waals surface area contributed by atoms with Crippen molar-refractivity contribution in [2.45, 2.75) is 64.1 Å². The molecule has 3 N–H and O–H groups in total. The molecule has 0 aromatic carbocycles. The van der Waals surface area contributed by atoms with Crippen molar-refractivity contribution in [3.8, 4) is 0 Å². The summed E-state index contributed by atoms with van der Waals surface area (Å²) in [5.41, 5.74) is 3.85. The lowest BCUT2D eigenvalue weighted by atomic mass is 10.00. The van der Waals surface area contributed by atoms with Gasteiger partial charge in [0.1, 0.15) is 0 Å². The second-order valence-corrected chi connectivity index (χ2v) is 6.11. The first-order valence-corrected chi connectivity index (χ1v) is 7.82. The fraction of sp³-hybridized carbons (Fsp3) is 0.786. The van der Waals surface area contributed by atoms with Gasteiger partial charge in [0, 0.05) is 12.6 Å². The highest BCUT2D eigenvalue weighted by atomic mass is 35.5. The number of nitrogens with zero attached hydrogens (tertiary/aromatic N) is 2. The maximum atomic E-state index is 6.27. The van der Waals surface area contributed by atoms with Crippen molar-refractivity contribution in [2.24, 2.45) is 5.84 Å². The highest BCUT2D eigenvalue weighted by molar-refractivity contribution is 6.31. The van der Waals surface area contributed by atoms with Crippen molar-refractivity contribution in [1.82, 2.24) is 15.2 Å². The number of nitrogens with one attached hydrogen (secondary N) is 1. The van der Waals surface area contributed by atoms with E-state index in [4.69, 9.17) is 22.2 Å². The molecule has 114 valence electrons. The van der Waals surface area contributed by atoms with Crippen LogP contribution in [0.15, 0.2) is 6.20 Å². The fourth-order valence-electron chi connectivity index (χ4n) is 2.77. The molecule has 0 aliphatic carbocycles. The van der Waals surface area contributed by atoms with Crippen LogP contribution in [0.25, 0.3) is 0 Å². The van der Waals surface area contributed by atoms with Gasteiger partial charge >= 0.3 is 0 Å². The maximum Gasteiger partial charge on any atom is 0.0834 e. The molecular weight excluding hydrogens is 276 g/mol. The van der Waals surface area contributed by atoms with Gasteiger partial charge in [0.15, 0.2) is 0 Å². The average Bonchev–Trinajstić information content (AvgIpc) is 2.83. The normalized spacial score (nSPS) is 21.4. The third-order valence-corrected chi connectivity index (χ3v) is 4.15. The minimum absolute atomic E-state index is 0.0120. The number of hydrogen-bond acceptors (Lipinski definition) is 4. The first kappa shape index (κ1) is 15.8. The summed E-state index contributed by atoms with van der Waals surface area (Å²) in [6.07, 6.45) is 7.53. The molecule has 0 bridgehead atoms. The third-order valence-electron chi connectivity index (χ3n) is 3.86. The quantitative estimate of drug-likeness (QED) is 0.626. The van der Waals surface area contributed by atoms with Crippen molar-refractivity contribution in [2.75, 3.05) is 6.61 Å². The zero-order valence-corrected chi connectivity index (χ0v) is 13.1. The van der Waals surface area contributed by atoms with Crippen molar-refractivity contribution in [1.29, 1.82) is 0 Å². The van der Waals surface area contributed by atoms with Gasteiger partial charge in [-0.15, -0.1) is 0 Å². The van der Waals surface area contributed by atoms with E-state index in [1.54, 1.807) is 6.20 Å². The molecule has 1 aromatic heterocycles. The Morgan fingerprint density at radius 3 is 2.95 bits per heavy atom. The van der Waals surface area contributed by atoms with Crippen LogP contribution in [0.2, 0.25) is 5.02 Å². The van der Waals surface area contributed by atoms with Gasteiger partial charge in [0.2, 0.25) is 0 Å². The molecule has 0 spiro atoms. The van der Waals surface area contributed by atoms with E-state index in [9.17, 15) is 0 Å². The smallest absolute Gasteiger partial charge is 0.0834 e. The van der Waals surface area contributed by atoms with Gasteiger partial charge in [-0.1, -0.05) is 11.6 Å². The number of halogens is 1. The van der Waals surface area contributed by atoms with Crippen LogP contribution in [0.1, 0.15) is 63.7 Å². The van der Waals surface area contributed by atoms with Crippen molar-refractivity contribution >= 4 is 11.6 Å². The predicted molar refractivity (Wildman–Crippen MR) is 80.5 cm³/mol. The van der Waals surface area contributed by atoms with Crippen LogP contribution in [0.4, 0.5) is 0 Å². The molecule has 2 unspecified atom stereocenters. The SMILES string of the molecule is CC(C)n1ncc(Cl)c1C(CCC1CCCCO1)NN. The summed E-state index contributed by atoms with van der Waals surface area (Å²) in [6, 6.07) is 0.275. The Hall–Kier alpha value is -0.620. The summed E-state index contributed by atoms with van der Waals surface area (Å²) < 4.78 is 7.71. The predicted octanol–water partition coefficient (Wildman–Crippen LogP) is 2.97. The molecule has 1 aromatic rings. The third kappa shape index (κ3) is 3.73. The molecule has 20 heavy (non-hydrogen) atoms. The first-order chi connectivity index (χ1) is 9.63. The van der Waals surface area contributed by atoms with Crippen LogP contribution in [-0.2, 0) is 4.74 Å². The van der Waals surface area contributed by atoms with Gasteiger partial charge in [-0.05, 0) is 46.0 Å². The van der Waals surface area contributed by atoms with E-state index in [-0.39, 0.29) is 12.1 Å². The second-order valence-electron chi connectivity index (χ2n) is 5.70. The van der Waals surface area contributed by atoms with Gasteiger partial charge in [-0.3, -0.25) is 16.0 Å². The Kier molecular flexibility index (Phi) is 5.84. The summed E-state index contributed by atoms with van der Waals surface area (Å²) in [6.45, 7) is 5.06. The Balaban J connectivity index is 2.02. The fourth-order valence-corrected chi connectivity index (χ4v) is 3.04. The Bertz CT molecular complexity index is 415. The number of ether oxygens (including phenoxy) is 1. The van der Waals surface area contributed by atoms with Crippen molar-refractivity contribution in [3.05, 3.63) is 16.9 Å². The lowest BCUT2D eigenvalue weighted by molar-refractivity contribution is 0.00839. The molecule has 1 aliphatic rings. The minimum Gasteiger partial charge on any atom is -0.378 e. The highest BCUT2D eigenvalue weighted by Gasteiger charge is 2.23. The van der Waals surface area contributed by atoms with E-state index in [0.29, 0.717) is 11.1 Å². The van der Waals surface area contributed by atoms with Gasteiger partial charge in [0.05, 0.1) is 29.1 Å². The molecule has 1 fully saturated rings. The van der Waals surface area contributed by atoms with Crippen LogP contribution in [-0.4, -0.2) is 22.5 Å². The summed E-state index contributed by atoms with van der Waals surface area (Å²) >= 11 is 6.27. The Labute approximate surface area is 125 Å². The summed E-state index contributed by atoms with van der Waals surface area (Å²) in [5.74, 6) is 5.73. The van der Waals surface area contributed by atoms with Crippen LogP contribution < -0.4 is 11.3 Å². The molecule has 5 nitrogen and oxygen atoms in total. The van der Waals surface area contributed by atoms with E-state index in [0.717, 1.165) is 31.6 Å². The zero-order chi connectivity index (χ0) is 14.5. The Morgan fingerprint density at radius 2 is 2.35 bits per heavy atom. The number of hydrogen-bond donors (Lipinski definition) is 2. The van der Waals surface area contributed by atoms with Crippen molar-refractivity contribution < 1.29 is 4.74 Å². The van der Waals surface area contributed by atoms with E-state index >= 15 is 0 Å². The van der Waals surface area contributed by atoms with E-state index in [1.807, 2.05) is 4.68 Å². The molecule has 1 saturated heterocycles. The Morgan fingerprint density at radius 1 is 1.55 bits per heavy atom. The summed E-state index contributed by atoms with van der Waals surface area (Å²) in [7, 11) is 0. The lowest BCUT2D eigenvalue weighted by Gasteiger charge is -2.25. The largest absolute Gasteiger partial charge is 0.378 e. The van der Waals surface area contributed by atoms with Gasteiger partial charge in [-0.2, -0.15) is 5.10 Å². The number of hydrazine groups is 1. The van der Waals surface area contributed by atoms with Gasteiger partial charge < -0.3 is 4.74 Å². The monoisotopic (exact) mass is 300 g/mol. The molecule has 2 atom stereocenters. The number of aromatic nitrogens is 2. The second kappa shape index (κ2) is 7.41. The van der Waals surface area contributed by atoms with E-state index in [1.165, 1.54) is 12.8 Å². The van der Waals surface area contributed by atoms with E-state index < -0.39 is 0 Å².